The van der Waals surface area contributed by atoms with Gasteiger partial charge in [-0.05, 0) is 65.9 Å². The van der Waals surface area contributed by atoms with Crippen molar-refractivity contribution in [2.45, 2.75) is 18.9 Å². The van der Waals surface area contributed by atoms with Crippen LogP contribution in [0.5, 0.6) is 0 Å². The SMILES string of the molecule is O=c1/c(=C/c2ccc(-c3cccc(Cl)c3Cl)o2)sc2n1[C@H](c1ccc(Br)cc1)C1=C(N=2)c2ccccc2CC1. The summed E-state index contributed by atoms with van der Waals surface area (Å²) in [5, 5.41) is 0.888. The molecule has 3 heterocycles. The van der Waals surface area contributed by atoms with Gasteiger partial charge in [-0.3, -0.25) is 9.36 Å². The molecule has 192 valence electrons. The van der Waals surface area contributed by atoms with E-state index < -0.39 is 0 Å². The predicted molar refractivity (Wildman–Crippen MR) is 161 cm³/mol. The maximum atomic E-state index is 13.9. The van der Waals surface area contributed by atoms with Crippen molar-refractivity contribution in [2.75, 3.05) is 0 Å². The number of thiazole rings is 1. The van der Waals surface area contributed by atoms with Gasteiger partial charge >= 0.3 is 0 Å². The van der Waals surface area contributed by atoms with Crippen LogP contribution < -0.4 is 14.9 Å². The van der Waals surface area contributed by atoms with Gasteiger partial charge in [0.1, 0.15) is 11.5 Å². The summed E-state index contributed by atoms with van der Waals surface area (Å²) in [6.07, 6.45) is 3.55. The zero-order chi connectivity index (χ0) is 26.7. The molecule has 2 aliphatic rings. The minimum atomic E-state index is -0.225. The lowest BCUT2D eigenvalue weighted by molar-refractivity contribution is 0.570. The van der Waals surface area contributed by atoms with Gasteiger partial charge < -0.3 is 4.42 Å². The van der Waals surface area contributed by atoms with Crippen molar-refractivity contribution < 1.29 is 4.42 Å². The second-order valence-corrected chi connectivity index (χ2v) is 12.2. The summed E-state index contributed by atoms with van der Waals surface area (Å²) in [5.74, 6) is 1.14. The molecule has 0 saturated heterocycles. The molecule has 7 rings (SSSR count). The molecular weight excluding hydrogens is 615 g/mol. The van der Waals surface area contributed by atoms with Gasteiger partial charge in [-0.25, -0.2) is 4.99 Å². The van der Waals surface area contributed by atoms with Crippen molar-refractivity contribution in [3.63, 3.8) is 0 Å². The van der Waals surface area contributed by atoms with Gasteiger partial charge in [-0.15, -0.1) is 0 Å². The van der Waals surface area contributed by atoms with Gasteiger partial charge in [0, 0.05) is 21.7 Å². The Hall–Kier alpha value is -3.16. The quantitative estimate of drug-likeness (QED) is 0.205. The zero-order valence-electron chi connectivity index (χ0n) is 20.3. The lowest BCUT2D eigenvalue weighted by atomic mass is 9.83. The zero-order valence-corrected chi connectivity index (χ0v) is 24.2. The van der Waals surface area contributed by atoms with Crippen molar-refractivity contribution in [3.8, 4) is 11.3 Å². The minimum absolute atomic E-state index is 0.0872. The summed E-state index contributed by atoms with van der Waals surface area (Å²) in [6, 6.07) is 25.5. The molecule has 0 radical (unpaired) electrons. The van der Waals surface area contributed by atoms with Gasteiger partial charge in [-0.2, -0.15) is 0 Å². The second kappa shape index (κ2) is 9.79. The molecule has 39 heavy (non-hydrogen) atoms. The number of fused-ring (bicyclic) bond motifs is 3. The lowest BCUT2D eigenvalue weighted by Gasteiger charge is -2.30. The molecule has 0 fully saturated rings. The number of allylic oxidation sites excluding steroid dienone is 1. The van der Waals surface area contributed by atoms with E-state index >= 15 is 0 Å². The third kappa shape index (κ3) is 4.27. The Kier molecular flexibility index (Phi) is 6.24. The highest BCUT2D eigenvalue weighted by molar-refractivity contribution is 9.10. The number of benzene rings is 3. The Morgan fingerprint density at radius 3 is 2.59 bits per heavy atom. The van der Waals surface area contributed by atoms with E-state index in [0.29, 0.717) is 36.5 Å². The molecule has 0 spiro atoms. The smallest absolute Gasteiger partial charge is 0.271 e. The first kappa shape index (κ1) is 24.9. The Morgan fingerprint density at radius 2 is 1.74 bits per heavy atom. The van der Waals surface area contributed by atoms with Gasteiger partial charge in [-0.1, -0.05) is 92.9 Å². The van der Waals surface area contributed by atoms with E-state index in [0.717, 1.165) is 34.1 Å². The largest absolute Gasteiger partial charge is 0.457 e. The summed E-state index contributed by atoms with van der Waals surface area (Å²) >= 11 is 17.5. The molecule has 1 atom stereocenters. The fourth-order valence-corrected chi connectivity index (χ4v) is 7.00. The summed E-state index contributed by atoms with van der Waals surface area (Å²) in [6.45, 7) is 0. The molecule has 1 aliphatic carbocycles. The third-order valence-electron chi connectivity index (χ3n) is 7.18. The molecule has 0 unspecified atom stereocenters. The maximum Gasteiger partial charge on any atom is 0.271 e. The first-order valence-corrected chi connectivity index (χ1v) is 14.8. The Labute approximate surface area is 246 Å². The van der Waals surface area contributed by atoms with Gasteiger partial charge in [0.25, 0.3) is 5.56 Å². The predicted octanol–water partition coefficient (Wildman–Crippen LogP) is 7.65. The van der Waals surface area contributed by atoms with Crippen LogP contribution in [0.4, 0.5) is 0 Å². The highest BCUT2D eigenvalue weighted by atomic mass is 79.9. The molecule has 8 heteroatoms. The molecule has 1 aliphatic heterocycles. The van der Waals surface area contributed by atoms with Gasteiger partial charge in [0.05, 0.1) is 26.3 Å². The van der Waals surface area contributed by atoms with Crippen molar-refractivity contribution in [1.29, 1.82) is 0 Å². The first-order valence-electron chi connectivity index (χ1n) is 12.4. The molecule has 4 nitrogen and oxygen atoms in total. The second-order valence-electron chi connectivity index (χ2n) is 9.47. The van der Waals surface area contributed by atoms with E-state index in [4.69, 9.17) is 32.6 Å². The molecule has 5 aromatic rings. The van der Waals surface area contributed by atoms with E-state index in [-0.39, 0.29) is 11.6 Å². The van der Waals surface area contributed by atoms with Crippen LogP contribution >= 0.6 is 50.5 Å². The topological polar surface area (TPSA) is 47.5 Å². The average molecular weight is 634 g/mol. The number of aromatic nitrogens is 1. The highest BCUT2D eigenvalue weighted by Crippen LogP contribution is 2.41. The molecule has 3 aromatic carbocycles. The molecule has 0 saturated carbocycles. The van der Waals surface area contributed by atoms with E-state index in [9.17, 15) is 4.79 Å². The van der Waals surface area contributed by atoms with Crippen LogP contribution in [-0.2, 0) is 6.42 Å². The van der Waals surface area contributed by atoms with Crippen molar-refractivity contribution in [3.05, 3.63) is 141 Å². The number of halogens is 3. The summed E-state index contributed by atoms with van der Waals surface area (Å²) < 4.78 is 9.47. The van der Waals surface area contributed by atoms with Crippen LogP contribution in [-0.4, -0.2) is 4.57 Å². The molecule has 0 N–H and O–H groups in total. The number of aryl methyl sites for hydroxylation is 1. The van der Waals surface area contributed by atoms with Gasteiger partial charge in [0.15, 0.2) is 4.80 Å². The maximum absolute atomic E-state index is 13.9. The normalized spacial score (nSPS) is 16.5. The van der Waals surface area contributed by atoms with Crippen LogP contribution in [0, 0.1) is 0 Å². The molecule has 0 bridgehead atoms. The van der Waals surface area contributed by atoms with Crippen molar-refractivity contribution >= 4 is 62.2 Å². The number of rotatable bonds is 3. The standard InChI is InChI=1S/C31H19BrCl2N2O2S/c32-19-11-8-18(9-12-19)29-23-14-10-17-4-1-2-5-21(17)28(23)35-31-36(29)30(37)26(39-31)16-20-13-15-25(38-20)22-6-3-7-24(33)27(22)34/h1-9,11-13,15-16,29H,10,14H2/b26-16-/t29-/m1/s1. The number of nitrogens with zero attached hydrogens (tertiary/aromatic N) is 2. The van der Waals surface area contributed by atoms with E-state index in [1.165, 1.54) is 22.5 Å². The Balaban J connectivity index is 1.40. The van der Waals surface area contributed by atoms with Crippen LogP contribution in [0.2, 0.25) is 10.0 Å². The fourth-order valence-electron chi connectivity index (χ4n) is 5.37. The first-order chi connectivity index (χ1) is 19.0. The van der Waals surface area contributed by atoms with Crippen LogP contribution in [0.15, 0.2) is 103 Å². The third-order valence-corrected chi connectivity index (χ3v) is 9.51. The Morgan fingerprint density at radius 1 is 0.949 bits per heavy atom. The highest BCUT2D eigenvalue weighted by Gasteiger charge is 2.32. The van der Waals surface area contributed by atoms with Crippen LogP contribution in [0.25, 0.3) is 23.1 Å². The lowest BCUT2D eigenvalue weighted by Crippen LogP contribution is -2.38. The molecular formula is C31H19BrCl2N2O2S. The van der Waals surface area contributed by atoms with Crippen molar-refractivity contribution in [2.24, 2.45) is 4.99 Å². The van der Waals surface area contributed by atoms with Crippen LogP contribution in [0.1, 0.15) is 34.9 Å². The fraction of sp³-hybridized carbons (Fsp3) is 0.0968. The Bertz CT molecular complexity index is 1990. The van der Waals surface area contributed by atoms with E-state index in [1.54, 1.807) is 12.1 Å². The summed E-state index contributed by atoms with van der Waals surface area (Å²) in [5.41, 5.74) is 6.26. The number of hydrogen-bond donors (Lipinski definition) is 0. The number of furan rings is 1. The van der Waals surface area contributed by atoms with E-state index in [2.05, 4.69) is 52.3 Å². The minimum Gasteiger partial charge on any atom is -0.457 e. The average Bonchev–Trinajstić information content (AvgIpc) is 3.54. The van der Waals surface area contributed by atoms with E-state index in [1.807, 2.05) is 41.0 Å². The number of hydrogen-bond acceptors (Lipinski definition) is 4. The van der Waals surface area contributed by atoms with Gasteiger partial charge in [0.2, 0.25) is 0 Å². The molecule has 0 amide bonds. The summed E-state index contributed by atoms with van der Waals surface area (Å²) in [4.78, 5) is 19.7. The monoisotopic (exact) mass is 632 g/mol. The molecule has 2 aromatic heterocycles. The van der Waals surface area contributed by atoms with Crippen molar-refractivity contribution in [1.82, 2.24) is 4.57 Å². The summed E-state index contributed by atoms with van der Waals surface area (Å²) in [7, 11) is 0. The van der Waals surface area contributed by atoms with Crippen LogP contribution in [0.3, 0.4) is 0 Å².